The van der Waals surface area contributed by atoms with Crippen LogP contribution in [0.4, 0.5) is 0 Å². The first kappa shape index (κ1) is 17.0. The van der Waals surface area contributed by atoms with Crippen molar-refractivity contribution < 1.29 is 14.0 Å². The molecule has 1 aromatic carbocycles. The fraction of sp³-hybridized carbons (Fsp3) is 0.471. The van der Waals surface area contributed by atoms with Crippen LogP contribution in [-0.4, -0.2) is 16.4 Å². The van der Waals surface area contributed by atoms with Crippen LogP contribution in [0.3, 0.4) is 0 Å². The lowest BCUT2D eigenvalue weighted by Crippen LogP contribution is -2.43. The Morgan fingerprint density at radius 1 is 1.26 bits per heavy atom. The predicted molar refractivity (Wildman–Crippen MR) is 87.0 cm³/mol. The molecule has 1 unspecified atom stereocenters. The van der Waals surface area contributed by atoms with Gasteiger partial charge < -0.3 is 4.42 Å². The smallest absolute Gasteiger partial charge is 0.408 e. The van der Waals surface area contributed by atoms with Gasteiger partial charge in [-0.05, 0) is 24.5 Å². The zero-order valence-electron chi connectivity index (χ0n) is 13.7. The summed E-state index contributed by atoms with van der Waals surface area (Å²) in [7, 11) is 0. The monoisotopic (exact) mass is 318 g/mol. The number of carbonyl (C=O) groups is 2. The normalized spacial score (nSPS) is 17.8. The van der Waals surface area contributed by atoms with Crippen molar-refractivity contribution in [1.29, 1.82) is 0 Å². The highest BCUT2D eigenvalue weighted by Gasteiger charge is 2.30. The van der Waals surface area contributed by atoms with E-state index in [1.54, 1.807) is 24.3 Å². The summed E-state index contributed by atoms with van der Waals surface area (Å²) in [4.78, 5) is 34.7. The van der Waals surface area contributed by atoms with E-state index in [4.69, 9.17) is 4.42 Å². The number of para-hydroxylation sites is 2. The van der Waals surface area contributed by atoms with Crippen molar-refractivity contribution in [3.05, 3.63) is 34.8 Å². The molecule has 1 fully saturated rings. The zero-order valence-corrected chi connectivity index (χ0v) is 13.7. The number of benzene rings is 1. The van der Waals surface area contributed by atoms with E-state index >= 15 is 0 Å². The number of hydrogen-bond acceptors (Lipinski definition) is 4. The highest BCUT2D eigenvalue weighted by Crippen LogP contribution is 2.22. The largest absolute Gasteiger partial charge is 0.420 e. The number of nitrogens with zero attached hydrogens (tertiary/aromatic N) is 1. The number of fused-ring (bicyclic) bond motifs is 1. The summed E-state index contributed by atoms with van der Waals surface area (Å²) in [6.45, 7) is 6.64. The Balaban J connectivity index is 0.000000338. The maximum Gasteiger partial charge on any atom is 0.420 e. The van der Waals surface area contributed by atoms with Gasteiger partial charge >= 0.3 is 5.76 Å². The SMILES string of the molecule is CCC(C)C.O=C1CCC(n2c(=O)oc3ccccc32)C(=O)N1. The summed E-state index contributed by atoms with van der Waals surface area (Å²) in [6, 6.07) is 6.21. The van der Waals surface area contributed by atoms with E-state index < -0.39 is 17.7 Å². The number of nitrogens with one attached hydrogen (secondary N) is 1. The number of aromatic nitrogens is 1. The van der Waals surface area contributed by atoms with Crippen LogP contribution < -0.4 is 11.1 Å². The molecule has 0 bridgehead atoms. The van der Waals surface area contributed by atoms with Crippen molar-refractivity contribution >= 4 is 22.9 Å². The van der Waals surface area contributed by atoms with Crippen LogP contribution >= 0.6 is 0 Å². The third-order valence-electron chi connectivity index (χ3n) is 3.86. The van der Waals surface area contributed by atoms with E-state index in [-0.39, 0.29) is 12.3 Å². The van der Waals surface area contributed by atoms with Crippen LogP contribution in [0.5, 0.6) is 0 Å². The van der Waals surface area contributed by atoms with Gasteiger partial charge in [-0.3, -0.25) is 19.5 Å². The Kier molecular flexibility index (Phi) is 5.36. The molecule has 2 heterocycles. The topological polar surface area (TPSA) is 81.3 Å². The first-order valence-corrected chi connectivity index (χ1v) is 7.87. The number of rotatable bonds is 2. The summed E-state index contributed by atoms with van der Waals surface area (Å²) >= 11 is 0. The molecule has 2 aromatic rings. The zero-order chi connectivity index (χ0) is 17.0. The van der Waals surface area contributed by atoms with Crippen molar-refractivity contribution in [2.24, 2.45) is 5.92 Å². The maximum atomic E-state index is 11.8. The highest BCUT2D eigenvalue weighted by atomic mass is 16.4. The number of amides is 2. The van der Waals surface area contributed by atoms with Gasteiger partial charge in [0, 0.05) is 6.42 Å². The van der Waals surface area contributed by atoms with Crippen LogP contribution in [0.15, 0.2) is 33.5 Å². The lowest BCUT2D eigenvalue weighted by molar-refractivity contribution is -0.135. The average molecular weight is 318 g/mol. The first-order chi connectivity index (χ1) is 10.9. The molecule has 3 rings (SSSR count). The lowest BCUT2D eigenvalue weighted by Gasteiger charge is -2.21. The van der Waals surface area contributed by atoms with E-state index in [0.717, 1.165) is 5.92 Å². The molecule has 6 heteroatoms. The predicted octanol–water partition coefficient (Wildman–Crippen LogP) is 2.62. The third kappa shape index (κ3) is 3.88. The summed E-state index contributed by atoms with van der Waals surface area (Å²) in [5.41, 5.74) is 1.00. The molecule has 0 spiro atoms. The maximum absolute atomic E-state index is 11.8. The second-order valence-corrected chi connectivity index (χ2v) is 5.97. The van der Waals surface area contributed by atoms with Crippen LogP contribution in [0.1, 0.15) is 46.1 Å². The van der Waals surface area contributed by atoms with Crippen molar-refractivity contribution in [1.82, 2.24) is 9.88 Å². The van der Waals surface area contributed by atoms with Crippen LogP contribution in [0, 0.1) is 5.92 Å². The Morgan fingerprint density at radius 2 is 1.91 bits per heavy atom. The highest BCUT2D eigenvalue weighted by molar-refractivity contribution is 5.99. The molecule has 0 radical (unpaired) electrons. The number of carbonyl (C=O) groups excluding carboxylic acids is 2. The first-order valence-electron chi connectivity index (χ1n) is 7.87. The fourth-order valence-electron chi connectivity index (χ4n) is 2.21. The van der Waals surface area contributed by atoms with Crippen molar-refractivity contribution in [3.8, 4) is 0 Å². The van der Waals surface area contributed by atoms with Gasteiger partial charge in [-0.25, -0.2) is 4.79 Å². The Morgan fingerprint density at radius 3 is 2.52 bits per heavy atom. The van der Waals surface area contributed by atoms with E-state index in [1.165, 1.54) is 11.0 Å². The lowest BCUT2D eigenvalue weighted by atomic mass is 10.1. The molecule has 1 saturated heterocycles. The number of imide groups is 1. The second kappa shape index (κ2) is 7.26. The number of hydrogen-bond donors (Lipinski definition) is 1. The molecule has 6 nitrogen and oxygen atoms in total. The average Bonchev–Trinajstić information content (AvgIpc) is 2.84. The van der Waals surface area contributed by atoms with Gasteiger partial charge in [0.25, 0.3) is 0 Å². The Hall–Kier alpha value is -2.37. The van der Waals surface area contributed by atoms with Gasteiger partial charge in [-0.2, -0.15) is 0 Å². The molecule has 1 aliphatic heterocycles. The molecule has 1 N–H and O–H groups in total. The summed E-state index contributed by atoms with van der Waals surface area (Å²) in [5, 5.41) is 2.23. The van der Waals surface area contributed by atoms with E-state index in [0.29, 0.717) is 17.5 Å². The van der Waals surface area contributed by atoms with E-state index in [9.17, 15) is 14.4 Å². The third-order valence-corrected chi connectivity index (χ3v) is 3.86. The Bertz CT molecular complexity index is 757. The molecule has 0 aliphatic carbocycles. The molecule has 1 atom stereocenters. The molecular weight excluding hydrogens is 296 g/mol. The number of oxazole rings is 1. The minimum absolute atomic E-state index is 0.225. The molecular formula is C17H22N2O4. The summed E-state index contributed by atoms with van der Waals surface area (Å²) in [6.07, 6.45) is 1.84. The van der Waals surface area contributed by atoms with Crippen molar-refractivity contribution in [2.75, 3.05) is 0 Å². The second-order valence-electron chi connectivity index (χ2n) is 5.97. The van der Waals surface area contributed by atoms with Gasteiger partial charge in [-0.1, -0.05) is 39.3 Å². The van der Waals surface area contributed by atoms with Gasteiger partial charge in [0.15, 0.2) is 5.58 Å². The molecule has 1 aliphatic rings. The van der Waals surface area contributed by atoms with Crippen molar-refractivity contribution in [3.63, 3.8) is 0 Å². The van der Waals surface area contributed by atoms with Crippen LogP contribution in [0.2, 0.25) is 0 Å². The molecule has 124 valence electrons. The Labute approximate surface area is 134 Å². The minimum Gasteiger partial charge on any atom is -0.408 e. The fourth-order valence-corrected chi connectivity index (χ4v) is 2.21. The van der Waals surface area contributed by atoms with Crippen LogP contribution in [-0.2, 0) is 9.59 Å². The van der Waals surface area contributed by atoms with Gasteiger partial charge in [0.2, 0.25) is 11.8 Å². The van der Waals surface area contributed by atoms with Crippen LogP contribution in [0.25, 0.3) is 11.1 Å². The standard InChI is InChI=1S/C12H10N2O4.C5H12/c15-10-6-5-8(11(16)13-10)14-7-3-1-2-4-9(7)18-12(14)17;1-4-5(2)3/h1-4,8H,5-6H2,(H,13,15,16);5H,4H2,1-3H3. The molecule has 23 heavy (non-hydrogen) atoms. The minimum atomic E-state index is -0.682. The van der Waals surface area contributed by atoms with Gasteiger partial charge in [0.05, 0.1) is 5.52 Å². The van der Waals surface area contributed by atoms with Crippen molar-refractivity contribution in [2.45, 2.75) is 46.1 Å². The molecule has 0 saturated carbocycles. The molecule has 1 aromatic heterocycles. The van der Waals surface area contributed by atoms with E-state index in [2.05, 4.69) is 26.1 Å². The quantitative estimate of drug-likeness (QED) is 0.863. The van der Waals surface area contributed by atoms with E-state index in [1.807, 2.05) is 0 Å². The summed E-state index contributed by atoms with van der Waals surface area (Å²) in [5.74, 6) is -0.460. The van der Waals surface area contributed by atoms with Gasteiger partial charge in [0.1, 0.15) is 6.04 Å². The summed E-state index contributed by atoms with van der Waals surface area (Å²) < 4.78 is 6.37. The van der Waals surface area contributed by atoms with Gasteiger partial charge in [-0.15, -0.1) is 0 Å². The number of piperidine rings is 1. The molecule has 2 amide bonds.